The van der Waals surface area contributed by atoms with Gasteiger partial charge in [-0.1, -0.05) is 18.7 Å². The van der Waals surface area contributed by atoms with E-state index in [1.54, 1.807) is 0 Å². The van der Waals surface area contributed by atoms with Crippen LogP contribution in [-0.4, -0.2) is 18.0 Å². The Morgan fingerprint density at radius 3 is 2.44 bits per heavy atom. The van der Waals surface area contributed by atoms with Gasteiger partial charge in [0.25, 0.3) is 0 Å². The molecule has 3 heteroatoms. The molecule has 54 valence electrons. The van der Waals surface area contributed by atoms with E-state index < -0.39 is 0 Å². The van der Waals surface area contributed by atoms with Gasteiger partial charge in [-0.15, -0.1) is 0 Å². The lowest BCUT2D eigenvalue weighted by atomic mass is 10.5. The van der Waals surface area contributed by atoms with Crippen molar-refractivity contribution in [3.8, 4) is 0 Å². The van der Waals surface area contributed by atoms with Crippen molar-refractivity contribution in [1.82, 2.24) is 0 Å². The third-order valence-corrected chi connectivity index (χ3v) is 0.896. The minimum Gasteiger partial charge on any atom is -0.600 e. The Morgan fingerprint density at radius 1 is 1.33 bits per heavy atom. The minimum atomic E-state index is 0.528. The largest absolute Gasteiger partial charge is 0.600 e. The molecular weight excluding hydrogens is 116 g/mol. The normalized spacial score (nSPS) is 12.0. The molecule has 0 aromatic carbocycles. The Labute approximate surface area is 56.0 Å². The van der Waals surface area contributed by atoms with Crippen LogP contribution in [-0.2, 0) is 0 Å². The van der Waals surface area contributed by atoms with Crippen molar-refractivity contribution in [2.75, 3.05) is 13.1 Å². The molecule has 0 saturated heterocycles. The molecule has 0 aliphatic rings. The number of hydrogen-bond acceptors (Lipinski definition) is 2. The molecule has 0 rings (SSSR count). The summed E-state index contributed by atoms with van der Waals surface area (Å²) in [5.41, 5.74) is 0. The van der Waals surface area contributed by atoms with Crippen LogP contribution in [0.1, 0.15) is 26.7 Å². The summed E-state index contributed by atoms with van der Waals surface area (Å²) in [6.07, 6.45) is 1.82. The van der Waals surface area contributed by atoms with E-state index in [1.807, 2.05) is 13.8 Å². The second-order valence-electron chi connectivity index (χ2n) is 1.94. The fraction of sp³-hybridized carbons (Fsp3) is 1.00. The first-order chi connectivity index (χ1) is 4.31. The number of hydroxylamine groups is 1. The second kappa shape index (κ2) is 5.54. The molecule has 0 amide bonds. The predicted molar refractivity (Wildman–Crippen MR) is 36.4 cm³/mol. The maximum atomic E-state index is 10.6. The average molecular weight is 130 g/mol. The molecule has 0 unspecified atom stereocenters. The summed E-state index contributed by atoms with van der Waals surface area (Å²) in [5.74, 6) is 0. The second-order valence-corrected chi connectivity index (χ2v) is 1.94. The van der Waals surface area contributed by atoms with Crippen LogP contribution < -0.4 is 0 Å². The van der Waals surface area contributed by atoms with Crippen LogP contribution in [0.15, 0.2) is 5.11 Å². The quantitative estimate of drug-likeness (QED) is 0.324. The first-order valence-electron chi connectivity index (χ1n) is 3.43. The molecule has 0 aromatic heterocycles. The van der Waals surface area contributed by atoms with Gasteiger partial charge in [-0.25, -0.2) is 0 Å². The Hall–Kier alpha value is -0.600. The molecule has 0 saturated carbocycles. The molecule has 0 heterocycles. The monoisotopic (exact) mass is 130 g/mol. The van der Waals surface area contributed by atoms with Gasteiger partial charge < -0.3 is 5.21 Å². The van der Waals surface area contributed by atoms with Crippen molar-refractivity contribution < 1.29 is 4.86 Å². The van der Waals surface area contributed by atoms with Gasteiger partial charge in [-0.2, -0.15) is 0 Å². The van der Waals surface area contributed by atoms with Crippen LogP contribution in [0.2, 0.25) is 0 Å². The van der Waals surface area contributed by atoms with Crippen LogP contribution in [0, 0.1) is 5.21 Å². The van der Waals surface area contributed by atoms with Crippen LogP contribution in [0.4, 0.5) is 0 Å². The number of nitrogens with zero attached hydrogens (tertiary/aromatic N) is 2. The maximum Gasteiger partial charge on any atom is 0.180 e. The van der Waals surface area contributed by atoms with Gasteiger partial charge in [0, 0.05) is 6.42 Å². The molecule has 0 N–H and O–H groups in total. The molecule has 0 aliphatic carbocycles. The number of azo groups is 1. The lowest BCUT2D eigenvalue weighted by Gasteiger charge is -1.95. The van der Waals surface area contributed by atoms with Crippen molar-refractivity contribution >= 4 is 0 Å². The summed E-state index contributed by atoms with van der Waals surface area (Å²) in [7, 11) is 0. The first-order valence-corrected chi connectivity index (χ1v) is 3.43. The van der Waals surface area contributed by atoms with Gasteiger partial charge in [0.05, 0.1) is 0 Å². The van der Waals surface area contributed by atoms with Crippen molar-refractivity contribution in [1.29, 1.82) is 0 Å². The number of rotatable bonds is 4. The van der Waals surface area contributed by atoms with Crippen LogP contribution in [0.5, 0.6) is 0 Å². The first kappa shape index (κ1) is 8.40. The van der Waals surface area contributed by atoms with Gasteiger partial charge in [0.15, 0.2) is 6.54 Å². The topological polar surface area (TPSA) is 38.4 Å². The zero-order valence-electron chi connectivity index (χ0n) is 6.13. The van der Waals surface area contributed by atoms with Crippen molar-refractivity contribution in [3.05, 3.63) is 5.21 Å². The zero-order chi connectivity index (χ0) is 7.11. The molecule has 0 aliphatic heterocycles. The van der Waals surface area contributed by atoms with Crippen LogP contribution >= 0.6 is 0 Å². The Balaban J connectivity index is 3.30. The molecule has 9 heavy (non-hydrogen) atoms. The molecule has 0 bridgehead atoms. The SMILES string of the molecule is CCCN=[N+]([O-])CCC. The molecular formula is C6H14N2O. The van der Waals surface area contributed by atoms with Crippen molar-refractivity contribution in [2.24, 2.45) is 5.11 Å². The standard InChI is InChI=1S/C6H14N2O/c1-3-5-7-8(9)6-4-2/h3-6H2,1-2H3. The van der Waals surface area contributed by atoms with E-state index in [2.05, 4.69) is 5.11 Å². The van der Waals surface area contributed by atoms with E-state index in [-0.39, 0.29) is 0 Å². The highest BCUT2D eigenvalue weighted by atomic mass is 16.5. The van der Waals surface area contributed by atoms with Gasteiger partial charge in [-0.05, 0) is 11.5 Å². The van der Waals surface area contributed by atoms with Crippen LogP contribution in [0.25, 0.3) is 0 Å². The lowest BCUT2D eigenvalue weighted by molar-refractivity contribution is -0.530. The summed E-state index contributed by atoms with van der Waals surface area (Å²) in [4.78, 5) is 0.767. The van der Waals surface area contributed by atoms with Gasteiger partial charge in [0.2, 0.25) is 0 Å². The summed E-state index contributed by atoms with van der Waals surface area (Å²) in [6.45, 7) is 5.15. The van der Waals surface area contributed by atoms with Gasteiger partial charge in [-0.3, -0.25) is 0 Å². The highest BCUT2D eigenvalue weighted by molar-refractivity contribution is 4.27. The van der Waals surface area contributed by atoms with Crippen molar-refractivity contribution in [2.45, 2.75) is 26.7 Å². The third kappa shape index (κ3) is 5.27. The van der Waals surface area contributed by atoms with Crippen molar-refractivity contribution in [3.63, 3.8) is 0 Å². The van der Waals surface area contributed by atoms with E-state index in [9.17, 15) is 5.21 Å². The fourth-order valence-electron chi connectivity index (χ4n) is 0.474. The van der Waals surface area contributed by atoms with E-state index in [4.69, 9.17) is 0 Å². The molecule has 3 nitrogen and oxygen atoms in total. The summed E-state index contributed by atoms with van der Waals surface area (Å²) in [6, 6.07) is 0. The van der Waals surface area contributed by atoms with Gasteiger partial charge >= 0.3 is 0 Å². The van der Waals surface area contributed by atoms with E-state index >= 15 is 0 Å². The fourth-order valence-corrected chi connectivity index (χ4v) is 0.474. The minimum absolute atomic E-state index is 0.528. The number of hydrogen-bond donors (Lipinski definition) is 0. The highest BCUT2D eigenvalue weighted by Crippen LogP contribution is 1.83. The molecule has 0 aromatic rings. The maximum absolute atomic E-state index is 10.6. The predicted octanol–water partition coefficient (Wildman–Crippen LogP) is 1.77. The average Bonchev–Trinajstić information content (AvgIpc) is 1.85. The molecule has 0 radical (unpaired) electrons. The smallest absolute Gasteiger partial charge is 0.180 e. The van der Waals surface area contributed by atoms with E-state index in [0.29, 0.717) is 13.1 Å². The van der Waals surface area contributed by atoms with Crippen LogP contribution in [0.3, 0.4) is 0 Å². The van der Waals surface area contributed by atoms with E-state index in [1.165, 1.54) is 0 Å². The zero-order valence-corrected chi connectivity index (χ0v) is 6.13. The summed E-state index contributed by atoms with van der Waals surface area (Å²) >= 11 is 0. The van der Waals surface area contributed by atoms with E-state index in [0.717, 1.165) is 17.7 Å². The third-order valence-electron chi connectivity index (χ3n) is 0.896. The molecule has 0 fully saturated rings. The Morgan fingerprint density at radius 2 is 2.00 bits per heavy atom. The molecule has 0 spiro atoms. The highest BCUT2D eigenvalue weighted by Gasteiger charge is 1.88. The van der Waals surface area contributed by atoms with Gasteiger partial charge in [0.1, 0.15) is 6.54 Å². The lowest BCUT2D eigenvalue weighted by Crippen LogP contribution is -2.01. The Bertz CT molecular complexity index is 91.1. The molecule has 0 atom stereocenters. The summed E-state index contributed by atoms with van der Waals surface area (Å²) in [5, 5.41) is 14.3. The summed E-state index contributed by atoms with van der Waals surface area (Å²) < 4.78 is 0. The Kier molecular flexibility index (Phi) is 5.17.